The smallest absolute Gasteiger partial charge is 0.271 e. The number of aromatic nitrogens is 1. The Morgan fingerprint density at radius 3 is 2.51 bits per heavy atom. The average Bonchev–Trinajstić information content (AvgIpc) is 3.21. The average molecular weight is 555 g/mol. The summed E-state index contributed by atoms with van der Waals surface area (Å²) in [7, 11) is -1.54. The molecule has 0 radical (unpaired) electrons. The van der Waals surface area contributed by atoms with Crippen LogP contribution in [0, 0.1) is 5.82 Å². The van der Waals surface area contributed by atoms with Crippen LogP contribution in [0.4, 0.5) is 10.1 Å². The molecule has 1 unspecified atom stereocenters. The van der Waals surface area contributed by atoms with Crippen molar-refractivity contribution in [2.24, 2.45) is 0 Å². The van der Waals surface area contributed by atoms with E-state index in [-0.39, 0.29) is 34.1 Å². The Morgan fingerprint density at radius 2 is 1.79 bits per heavy atom. The van der Waals surface area contributed by atoms with Crippen molar-refractivity contribution in [2.45, 2.75) is 23.2 Å². The molecule has 0 bridgehead atoms. The lowest BCUT2D eigenvalue weighted by molar-refractivity contribution is -0.121. The predicted molar refractivity (Wildman–Crippen MR) is 144 cm³/mol. The molecule has 0 aliphatic carbocycles. The van der Waals surface area contributed by atoms with Crippen LogP contribution >= 0.6 is 0 Å². The van der Waals surface area contributed by atoms with Gasteiger partial charge in [0.2, 0.25) is 5.88 Å². The number of rotatable bonds is 9. The number of nitrogens with one attached hydrogen (secondary N) is 1. The first kappa shape index (κ1) is 27.0. The Labute approximate surface area is 227 Å². The number of hydrogen-bond acceptors (Lipinski definition) is 8. The van der Waals surface area contributed by atoms with Gasteiger partial charge in [-0.1, -0.05) is 24.3 Å². The molecule has 11 heteroatoms. The third kappa shape index (κ3) is 4.75. The molecule has 1 amide bonds. The summed E-state index contributed by atoms with van der Waals surface area (Å²) in [4.78, 5) is 21.3. The Kier molecular flexibility index (Phi) is 7.57. The third-order valence-electron chi connectivity index (χ3n) is 7.38. The van der Waals surface area contributed by atoms with E-state index in [0.717, 1.165) is 30.5 Å². The number of piperazine rings is 1. The minimum atomic E-state index is -4.41. The van der Waals surface area contributed by atoms with Gasteiger partial charge < -0.3 is 19.7 Å². The molecule has 1 aromatic heterocycles. The molecule has 1 saturated heterocycles. The van der Waals surface area contributed by atoms with Gasteiger partial charge in [-0.3, -0.25) is 4.79 Å². The van der Waals surface area contributed by atoms with Crippen LogP contribution in [0.25, 0.3) is 0 Å². The van der Waals surface area contributed by atoms with E-state index in [1.807, 2.05) is 0 Å². The number of pyridine rings is 1. The van der Waals surface area contributed by atoms with Crippen LogP contribution in [0.5, 0.6) is 11.6 Å². The molecule has 2 aromatic carbocycles. The molecule has 5 rings (SSSR count). The number of hydrogen-bond donors (Lipinski definition) is 1. The second-order valence-electron chi connectivity index (χ2n) is 9.56. The highest BCUT2D eigenvalue weighted by molar-refractivity contribution is 7.93. The summed E-state index contributed by atoms with van der Waals surface area (Å²) in [6.07, 6.45) is 0.680. The molecule has 1 atom stereocenters. The van der Waals surface area contributed by atoms with Gasteiger partial charge in [0.1, 0.15) is 17.0 Å². The van der Waals surface area contributed by atoms with Crippen LogP contribution in [0.1, 0.15) is 24.1 Å². The van der Waals surface area contributed by atoms with E-state index < -0.39 is 27.2 Å². The van der Waals surface area contributed by atoms with E-state index in [1.54, 1.807) is 12.1 Å². The van der Waals surface area contributed by atoms with Gasteiger partial charge >= 0.3 is 0 Å². The van der Waals surface area contributed by atoms with Gasteiger partial charge in [-0.15, -0.1) is 0 Å². The molecule has 3 aromatic rings. The number of sulfonamides is 1. The maximum atomic E-state index is 15.5. The van der Waals surface area contributed by atoms with Crippen molar-refractivity contribution in [3.63, 3.8) is 0 Å². The molecule has 1 N–H and O–H groups in total. The van der Waals surface area contributed by atoms with Gasteiger partial charge in [0.15, 0.2) is 0 Å². The Bertz CT molecular complexity index is 1480. The molecule has 2 aliphatic heterocycles. The lowest BCUT2D eigenvalue weighted by Crippen LogP contribution is -2.46. The normalized spacial score (nSPS) is 19.7. The number of ether oxygens (including phenoxy) is 2. The van der Waals surface area contributed by atoms with Crippen molar-refractivity contribution >= 4 is 21.6 Å². The predicted octanol–water partition coefficient (Wildman–Crippen LogP) is 2.94. The summed E-state index contributed by atoms with van der Waals surface area (Å²) in [6, 6.07) is 14.9. The minimum Gasteiger partial charge on any atom is -0.497 e. The standard InChI is InChI=1S/C28H31FN4O5S/c1-37-20-7-5-8-21(19-20)39(35,36)33-24-11-12-25(38-2)31-26(24)28(27(33)34,22-9-3-4-10-23(22)29)13-6-16-32-17-14-30-15-18-32/h3-5,7-12,19,30H,6,13-18H2,1-2H3. The zero-order chi connectivity index (χ0) is 27.6. The first-order valence-electron chi connectivity index (χ1n) is 12.8. The van der Waals surface area contributed by atoms with Gasteiger partial charge in [-0.05, 0) is 43.7 Å². The van der Waals surface area contributed by atoms with E-state index in [1.165, 1.54) is 62.8 Å². The van der Waals surface area contributed by atoms with Crippen LogP contribution in [-0.4, -0.2) is 71.2 Å². The molecule has 39 heavy (non-hydrogen) atoms. The number of carbonyl (C=O) groups excluding carboxylic acids is 1. The molecule has 2 aliphatic rings. The Morgan fingerprint density at radius 1 is 1.03 bits per heavy atom. The molecule has 3 heterocycles. The van der Waals surface area contributed by atoms with Crippen molar-refractivity contribution in [1.29, 1.82) is 0 Å². The van der Waals surface area contributed by atoms with Crippen LogP contribution < -0.4 is 19.1 Å². The number of halogens is 1. The summed E-state index contributed by atoms with van der Waals surface area (Å²) >= 11 is 0. The van der Waals surface area contributed by atoms with Crippen molar-refractivity contribution in [2.75, 3.05) is 51.2 Å². The number of anilines is 1. The number of carbonyl (C=O) groups is 1. The highest BCUT2D eigenvalue weighted by atomic mass is 32.2. The SMILES string of the molecule is COc1cccc(S(=O)(=O)N2C(=O)C(CCCN3CCNCC3)(c3ccccc3F)c3nc(OC)ccc32)c1. The zero-order valence-electron chi connectivity index (χ0n) is 21.9. The van der Waals surface area contributed by atoms with E-state index in [0.29, 0.717) is 18.7 Å². The Hall–Kier alpha value is -3.54. The van der Waals surface area contributed by atoms with E-state index >= 15 is 4.39 Å². The van der Waals surface area contributed by atoms with E-state index in [9.17, 15) is 13.2 Å². The van der Waals surface area contributed by atoms with Gasteiger partial charge in [-0.2, -0.15) is 4.31 Å². The molecular weight excluding hydrogens is 523 g/mol. The zero-order valence-corrected chi connectivity index (χ0v) is 22.7. The van der Waals surface area contributed by atoms with Crippen LogP contribution in [-0.2, 0) is 20.2 Å². The lowest BCUT2D eigenvalue weighted by atomic mass is 9.74. The summed E-state index contributed by atoms with van der Waals surface area (Å²) in [6.45, 7) is 4.13. The van der Waals surface area contributed by atoms with Crippen molar-refractivity contribution in [3.05, 3.63) is 77.7 Å². The Balaban J connectivity index is 1.67. The first-order valence-corrected chi connectivity index (χ1v) is 14.2. The monoisotopic (exact) mass is 554 g/mol. The molecule has 0 spiro atoms. The molecule has 0 saturated carbocycles. The van der Waals surface area contributed by atoms with Crippen molar-refractivity contribution in [3.8, 4) is 11.6 Å². The summed E-state index contributed by atoms with van der Waals surface area (Å²) in [5, 5.41) is 3.31. The van der Waals surface area contributed by atoms with E-state index in [2.05, 4.69) is 15.2 Å². The fourth-order valence-electron chi connectivity index (χ4n) is 5.43. The summed E-state index contributed by atoms with van der Waals surface area (Å²) in [5.74, 6) is -0.854. The number of fused-ring (bicyclic) bond motifs is 1. The second kappa shape index (κ2) is 10.9. The highest BCUT2D eigenvalue weighted by Crippen LogP contribution is 2.51. The van der Waals surface area contributed by atoms with Gasteiger partial charge in [-0.25, -0.2) is 17.8 Å². The maximum absolute atomic E-state index is 15.5. The van der Waals surface area contributed by atoms with E-state index in [4.69, 9.17) is 9.47 Å². The van der Waals surface area contributed by atoms with Crippen molar-refractivity contribution < 1.29 is 27.1 Å². The molecular formula is C28H31FN4O5S. The van der Waals surface area contributed by atoms with Crippen LogP contribution in [0.3, 0.4) is 0 Å². The molecule has 206 valence electrons. The van der Waals surface area contributed by atoms with Crippen LogP contribution in [0.2, 0.25) is 0 Å². The number of methoxy groups -OCH3 is 2. The summed E-state index contributed by atoms with van der Waals surface area (Å²) < 4.78 is 55.0. The van der Waals surface area contributed by atoms with Crippen molar-refractivity contribution in [1.82, 2.24) is 15.2 Å². The quantitative estimate of drug-likeness (QED) is 0.431. The maximum Gasteiger partial charge on any atom is 0.271 e. The third-order valence-corrected chi connectivity index (χ3v) is 9.07. The second-order valence-corrected chi connectivity index (χ2v) is 11.3. The largest absolute Gasteiger partial charge is 0.497 e. The topological polar surface area (TPSA) is 101 Å². The van der Waals surface area contributed by atoms with Crippen LogP contribution in [0.15, 0.2) is 65.6 Å². The highest BCUT2D eigenvalue weighted by Gasteiger charge is 2.58. The lowest BCUT2D eigenvalue weighted by Gasteiger charge is -2.31. The van der Waals surface area contributed by atoms with Gasteiger partial charge in [0.05, 0.1) is 30.5 Å². The van der Waals surface area contributed by atoms with Gasteiger partial charge in [0.25, 0.3) is 15.9 Å². The molecule has 9 nitrogen and oxygen atoms in total. The number of nitrogens with zero attached hydrogens (tertiary/aromatic N) is 3. The van der Waals surface area contributed by atoms with Gasteiger partial charge in [0, 0.05) is 43.9 Å². The number of amides is 1. The fraction of sp³-hybridized carbons (Fsp3) is 0.357. The minimum absolute atomic E-state index is 0.0778. The number of benzene rings is 2. The molecule has 1 fully saturated rings. The first-order chi connectivity index (χ1) is 18.8. The summed E-state index contributed by atoms with van der Waals surface area (Å²) in [5.41, 5.74) is -1.35. The fourth-order valence-corrected chi connectivity index (χ4v) is 6.93.